The lowest BCUT2D eigenvalue weighted by atomic mass is 10.2. The van der Waals surface area contributed by atoms with Crippen LogP contribution in [0.4, 0.5) is 4.39 Å². The summed E-state index contributed by atoms with van der Waals surface area (Å²) in [5.41, 5.74) is 0.974. The standard InChI is InChI=1S/C14H16FNOS/c1-3-16-9-11-5-4-6-12(15)14(11)18-13-7-8-17-10(13)2/h4-8,16H,3,9H2,1-2H3. The Balaban J connectivity index is 2.28. The zero-order chi connectivity index (χ0) is 13.0. The van der Waals surface area contributed by atoms with E-state index in [1.54, 1.807) is 12.3 Å². The summed E-state index contributed by atoms with van der Waals surface area (Å²) < 4.78 is 19.2. The van der Waals surface area contributed by atoms with Crippen molar-refractivity contribution in [3.05, 3.63) is 47.7 Å². The van der Waals surface area contributed by atoms with Gasteiger partial charge in [0.05, 0.1) is 16.1 Å². The minimum absolute atomic E-state index is 0.184. The number of aryl methyl sites for hydroxylation is 1. The molecular weight excluding hydrogens is 249 g/mol. The number of benzene rings is 1. The Morgan fingerprint density at radius 1 is 1.33 bits per heavy atom. The topological polar surface area (TPSA) is 25.2 Å². The maximum atomic E-state index is 13.9. The van der Waals surface area contributed by atoms with Crippen molar-refractivity contribution in [3.8, 4) is 0 Å². The minimum Gasteiger partial charge on any atom is -0.468 e. The van der Waals surface area contributed by atoms with E-state index in [9.17, 15) is 4.39 Å². The molecule has 0 radical (unpaired) electrons. The normalized spacial score (nSPS) is 10.8. The highest BCUT2D eigenvalue weighted by molar-refractivity contribution is 7.99. The molecule has 2 nitrogen and oxygen atoms in total. The third-order valence-electron chi connectivity index (χ3n) is 2.64. The van der Waals surface area contributed by atoms with Crippen LogP contribution in [0.25, 0.3) is 0 Å². The molecule has 1 N–H and O–H groups in total. The van der Waals surface area contributed by atoms with Crippen LogP contribution in [0.5, 0.6) is 0 Å². The van der Waals surface area contributed by atoms with E-state index < -0.39 is 0 Å². The first-order chi connectivity index (χ1) is 8.72. The van der Waals surface area contributed by atoms with E-state index in [2.05, 4.69) is 5.32 Å². The fourth-order valence-corrected chi connectivity index (χ4v) is 2.63. The van der Waals surface area contributed by atoms with Gasteiger partial charge in [0.25, 0.3) is 0 Å². The summed E-state index contributed by atoms with van der Waals surface area (Å²) in [4.78, 5) is 1.63. The van der Waals surface area contributed by atoms with E-state index in [0.29, 0.717) is 11.4 Å². The van der Waals surface area contributed by atoms with Crippen LogP contribution in [-0.4, -0.2) is 6.54 Å². The molecule has 0 aliphatic heterocycles. The summed E-state index contributed by atoms with van der Waals surface area (Å²) in [6, 6.07) is 7.05. The van der Waals surface area contributed by atoms with Gasteiger partial charge in [-0.15, -0.1) is 0 Å². The highest BCUT2D eigenvalue weighted by Crippen LogP contribution is 2.35. The molecule has 0 aliphatic carbocycles. The highest BCUT2D eigenvalue weighted by atomic mass is 32.2. The summed E-state index contributed by atoms with van der Waals surface area (Å²) in [6.45, 7) is 5.46. The van der Waals surface area contributed by atoms with E-state index in [-0.39, 0.29) is 5.82 Å². The summed E-state index contributed by atoms with van der Waals surface area (Å²) in [5.74, 6) is 0.633. The molecule has 18 heavy (non-hydrogen) atoms. The Morgan fingerprint density at radius 3 is 2.83 bits per heavy atom. The maximum Gasteiger partial charge on any atom is 0.137 e. The second-order valence-corrected chi connectivity index (χ2v) is 5.00. The van der Waals surface area contributed by atoms with Crippen molar-refractivity contribution in [1.82, 2.24) is 5.32 Å². The van der Waals surface area contributed by atoms with Gasteiger partial charge in [0, 0.05) is 6.54 Å². The maximum absolute atomic E-state index is 13.9. The van der Waals surface area contributed by atoms with Gasteiger partial charge in [-0.1, -0.05) is 30.8 Å². The summed E-state index contributed by atoms with van der Waals surface area (Å²) in [6.07, 6.45) is 1.63. The molecular formula is C14H16FNOS. The summed E-state index contributed by atoms with van der Waals surface area (Å²) in [7, 11) is 0. The van der Waals surface area contributed by atoms with Crippen molar-refractivity contribution in [1.29, 1.82) is 0 Å². The third-order valence-corrected chi connectivity index (χ3v) is 3.94. The molecule has 0 unspecified atom stereocenters. The van der Waals surface area contributed by atoms with Gasteiger partial charge in [-0.3, -0.25) is 0 Å². The zero-order valence-corrected chi connectivity index (χ0v) is 11.3. The number of rotatable bonds is 5. The highest BCUT2D eigenvalue weighted by Gasteiger charge is 2.12. The second-order valence-electron chi connectivity index (χ2n) is 3.95. The molecule has 0 aliphatic rings. The Labute approximate surface area is 111 Å². The van der Waals surface area contributed by atoms with Crippen LogP contribution in [0.1, 0.15) is 18.2 Å². The van der Waals surface area contributed by atoms with E-state index in [0.717, 1.165) is 22.8 Å². The molecule has 2 rings (SSSR count). The average molecular weight is 265 g/mol. The smallest absolute Gasteiger partial charge is 0.137 e. The largest absolute Gasteiger partial charge is 0.468 e. The number of furan rings is 1. The van der Waals surface area contributed by atoms with Crippen LogP contribution in [0, 0.1) is 12.7 Å². The Kier molecular flexibility index (Phi) is 4.44. The van der Waals surface area contributed by atoms with Crippen molar-refractivity contribution in [2.24, 2.45) is 0 Å². The second kappa shape index (κ2) is 6.07. The van der Waals surface area contributed by atoms with Crippen LogP contribution >= 0.6 is 11.8 Å². The molecule has 1 aromatic carbocycles. The molecule has 96 valence electrons. The van der Waals surface area contributed by atoms with Crippen molar-refractivity contribution in [2.45, 2.75) is 30.2 Å². The van der Waals surface area contributed by atoms with Gasteiger partial charge in [-0.2, -0.15) is 0 Å². The Bertz CT molecular complexity index is 524. The molecule has 1 aromatic heterocycles. The first-order valence-corrected chi connectivity index (χ1v) is 6.74. The molecule has 0 saturated heterocycles. The number of halogens is 1. The van der Waals surface area contributed by atoms with Gasteiger partial charge in [-0.25, -0.2) is 4.39 Å². The van der Waals surface area contributed by atoms with Gasteiger partial charge in [0.1, 0.15) is 11.6 Å². The quantitative estimate of drug-likeness (QED) is 0.885. The fraction of sp³-hybridized carbons (Fsp3) is 0.286. The monoisotopic (exact) mass is 265 g/mol. The van der Waals surface area contributed by atoms with Gasteiger partial charge in [-0.05, 0) is 31.2 Å². The molecule has 0 bridgehead atoms. The van der Waals surface area contributed by atoms with Gasteiger partial charge in [0.15, 0.2) is 0 Å². The van der Waals surface area contributed by atoms with Gasteiger partial charge in [0.2, 0.25) is 0 Å². The Morgan fingerprint density at radius 2 is 2.17 bits per heavy atom. The van der Waals surface area contributed by atoms with Crippen LogP contribution in [0.3, 0.4) is 0 Å². The molecule has 0 amide bonds. The number of hydrogen-bond donors (Lipinski definition) is 1. The summed E-state index contributed by atoms with van der Waals surface area (Å²) >= 11 is 1.42. The van der Waals surface area contributed by atoms with Crippen molar-refractivity contribution in [2.75, 3.05) is 6.54 Å². The van der Waals surface area contributed by atoms with E-state index >= 15 is 0 Å². The van der Waals surface area contributed by atoms with Gasteiger partial charge >= 0.3 is 0 Å². The lowest BCUT2D eigenvalue weighted by Gasteiger charge is -2.10. The summed E-state index contributed by atoms with van der Waals surface area (Å²) in [5, 5.41) is 3.22. The predicted molar refractivity (Wildman–Crippen MR) is 71.3 cm³/mol. The molecule has 0 atom stereocenters. The number of nitrogens with one attached hydrogen (secondary N) is 1. The van der Waals surface area contributed by atoms with Crippen molar-refractivity contribution >= 4 is 11.8 Å². The Hall–Kier alpha value is -1.26. The minimum atomic E-state index is -0.184. The molecule has 2 aromatic rings. The first-order valence-electron chi connectivity index (χ1n) is 5.92. The zero-order valence-electron chi connectivity index (χ0n) is 10.5. The lowest BCUT2D eigenvalue weighted by molar-refractivity contribution is 0.526. The van der Waals surface area contributed by atoms with Gasteiger partial charge < -0.3 is 9.73 Å². The van der Waals surface area contributed by atoms with Crippen LogP contribution in [0.15, 0.2) is 44.7 Å². The lowest BCUT2D eigenvalue weighted by Crippen LogP contribution is -2.12. The molecule has 0 spiro atoms. The van der Waals surface area contributed by atoms with E-state index in [1.807, 2.05) is 26.0 Å². The fourth-order valence-electron chi connectivity index (χ4n) is 1.66. The third kappa shape index (κ3) is 2.94. The van der Waals surface area contributed by atoms with E-state index in [4.69, 9.17) is 4.42 Å². The molecule has 1 heterocycles. The van der Waals surface area contributed by atoms with Crippen LogP contribution in [0.2, 0.25) is 0 Å². The van der Waals surface area contributed by atoms with Crippen molar-refractivity contribution < 1.29 is 8.81 Å². The SMILES string of the molecule is CCNCc1cccc(F)c1Sc1ccoc1C. The molecule has 0 fully saturated rings. The number of hydrogen-bond acceptors (Lipinski definition) is 3. The first kappa shape index (κ1) is 13.2. The average Bonchev–Trinajstić information content (AvgIpc) is 2.76. The van der Waals surface area contributed by atoms with Crippen molar-refractivity contribution in [3.63, 3.8) is 0 Å². The van der Waals surface area contributed by atoms with Crippen LogP contribution < -0.4 is 5.32 Å². The van der Waals surface area contributed by atoms with E-state index in [1.165, 1.54) is 17.8 Å². The predicted octanol–water partition coefficient (Wildman–Crippen LogP) is 3.99. The van der Waals surface area contributed by atoms with Crippen LogP contribution in [-0.2, 0) is 6.54 Å². The molecule has 0 saturated carbocycles. The molecule has 4 heteroatoms.